The fourth-order valence-electron chi connectivity index (χ4n) is 2.46. The van der Waals surface area contributed by atoms with Crippen LogP contribution >= 0.6 is 0 Å². The molecule has 1 atom stereocenters. The Hall–Kier alpha value is -2.29. The molecule has 0 amide bonds. The van der Waals surface area contributed by atoms with Crippen molar-refractivity contribution in [3.8, 4) is 5.75 Å². The Kier molecular flexibility index (Phi) is 2.95. The number of carbonyl (C=O) groups is 1. The van der Waals surface area contributed by atoms with Gasteiger partial charge in [0, 0.05) is 17.8 Å². The summed E-state index contributed by atoms with van der Waals surface area (Å²) in [6.45, 7) is 0.641. The van der Waals surface area contributed by atoms with Crippen molar-refractivity contribution in [3.05, 3.63) is 59.7 Å². The Bertz CT molecular complexity index is 607. The predicted molar refractivity (Wildman–Crippen MR) is 75.0 cm³/mol. The van der Waals surface area contributed by atoms with Gasteiger partial charge in [0.15, 0.2) is 5.78 Å². The van der Waals surface area contributed by atoms with E-state index in [2.05, 4.69) is 5.32 Å². The van der Waals surface area contributed by atoms with Gasteiger partial charge in [0.2, 0.25) is 0 Å². The number of methoxy groups -OCH3 is 1. The molecule has 3 nitrogen and oxygen atoms in total. The van der Waals surface area contributed by atoms with Gasteiger partial charge in [-0.25, -0.2) is 0 Å². The third kappa shape index (κ3) is 2.08. The second kappa shape index (κ2) is 4.76. The van der Waals surface area contributed by atoms with Crippen LogP contribution in [-0.2, 0) is 0 Å². The molecule has 1 N–H and O–H groups in total. The number of ketones is 1. The molecule has 0 fully saturated rings. The number of nitrogens with one attached hydrogen (secondary N) is 1. The zero-order valence-electron chi connectivity index (χ0n) is 10.7. The van der Waals surface area contributed by atoms with Crippen molar-refractivity contribution in [2.24, 2.45) is 0 Å². The number of rotatable bonds is 2. The summed E-state index contributed by atoms with van der Waals surface area (Å²) in [4.78, 5) is 12.6. The number of carbonyl (C=O) groups excluding carboxylic acids is 1. The minimum atomic E-state index is -0.124. The van der Waals surface area contributed by atoms with Crippen LogP contribution in [0.25, 0.3) is 0 Å². The molecular weight excluding hydrogens is 238 g/mol. The Morgan fingerprint density at radius 3 is 2.68 bits per heavy atom. The van der Waals surface area contributed by atoms with E-state index in [0.29, 0.717) is 17.9 Å². The SMILES string of the molecule is COc1ccc2c(c1)C(=O)C(c1ccccc1)CN2. The average molecular weight is 253 g/mol. The summed E-state index contributed by atoms with van der Waals surface area (Å²) in [5, 5.41) is 3.32. The van der Waals surface area contributed by atoms with Crippen LogP contribution in [0.1, 0.15) is 21.8 Å². The lowest BCUT2D eigenvalue weighted by atomic mass is 9.87. The van der Waals surface area contributed by atoms with Crippen LogP contribution in [0.2, 0.25) is 0 Å². The highest BCUT2D eigenvalue weighted by Crippen LogP contribution is 2.32. The number of Topliss-reactive ketones (excluding diaryl/α,β-unsaturated/α-hetero) is 1. The first-order valence-corrected chi connectivity index (χ1v) is 6.30. The summed E-state index contributed by atoms with van der Waals surface area (Å²) in [7, 11) is 1.61. The van der Waals surface area contributed by atoms with Gasteiger partial charge < -0.3 is 10.1 Å². The first-order valence-electron chi connectivity index (χ1n) is 6.30. The van der Waals surface area contributed by atoms with Gasteiger partial charge in [-0.15, -0.1) is 0 Å². The number of ether oxygens (including phenoxy) is 1. The van der Waals surface area contributed by atoms with E-state index in [4.69, 9.17) is 4.74 Å². The zero-order chi connectivity index (χ0) is 13.2. The van der Waals surface area contributed by atoms with Crippen molar-refractivity contribution >= 4 is 11.5 Å². The van der Waals surface area contributed by atoms with Crippen molar-refractivity contribution < 1.29 is 9.53 Å². The molecule has 0 radical (unpaired) electrons. The Balaban J connectivity index is 1.99. The number of fused-ring (bicyclic) bond motifs is 1. The highest BCUT2D eigenvalue weighted by atomic mass is 16.5. The van der Waals surface area contributed by atoms with Gasteiger partial charge in [0.1, 0.15) is 5.75 Å². The van der Waals surface area contributed by atoms with Gasteiger partial charge in [-0.3, -0.25) is 4.79 Å². The smallest absolute Gasteiger partial charge is 0.174 e. The number of anilines is 1. The summed E-state index contributed by atoms with van der Waals surface area (Å²) in [6, 6.07) is 15.4. The van der Waals surface area contributed by atoms with E-state index in [-0.39, 0.29) is 11.7 Å². The molecule has 0 spiro atoms. The molecule has 0 aromatic heterocycles. The molecule has 3 rings (SSSR count). The van der Waals surface area contributed by atoms with Crippen LogP contribution in [0, 0.1) is 0 Å². The molecule has 2 aromatic carbocycles. The largest absolute Gasteiger partial charge is 0.497 e. The minimum Gasteiger partial charge on any atom is -0.497 e. The highest BCUT2D eigenvalue weighted by molar-refractivity contribution is 6.07. The Morgan fingerprint density at radius 1 is 1.16 bits per heavy atom. The summed E-state index contributed by atoms with van der Waals surface area (Å²) in [6.07, 6.45) is 0. The van der Waals surface area contributed by atoms with E-state index < -0.39 is 0 Å². The van der Waals surface area contributed by atoms with Gasteiger partial charge in [-0.1, -0.05) is 30.3 Å². The molecule has 2 aromatic rings. The molecular formula is C16H15NO2. The van der Waals surface area contributed by atoms with Crippen molar-refractivity contribution in [1.29, 1.82) is 0 Å². The molecule has 0 saturated carbocycles. The topological polar surface area (TPSA) is 38.3 Å². The molecule has 0 aliphatic carbocycles. The molecule has 3 heteroatoms. The Morgan fingerprint density at radius 2 is 1.95 bits per heavy atom. The molecule has 19 heavy (non-hydrogen) atoms. The fourth-order valence-corrected chi connectivity index (χ4v) is 2.46. The van der Waals surface area contributed by atoms with Gasteiger partial charge in [0.05, 0.1) is 13.0 Å². The maximum atomic E-state index is 12.6. The van der Waals surface area contributed by atoms with Crippen LogP contribution in [0.3, 0.4) is 0 Å². The van der Waals surface area contributed by atoms with Crippen molar-refractivity contribution in [1.82, 2.24) is 0 Å². The second-order valence-electron chi connectivity index (χ2n) is 4.62. The summed E-state index contributed by atoms with van der Waals surface area (Å²) >= 11 is 0. The highest BCUT2D eigenvalue weighted by Gasteiger charge is 2.28. The maximum absolute atomic E-state index is 12.6. The number of hydrogen-bond acceptors (Lipinski definition) is 3. The maximum Gasteiger partial charge on any atom is 0.174 e. The van der Waals surface area contributed by atoms with E-state index in [1.165, 1.54) is 0 Å². The first kappa shape index (κ1) is 11.8. The normalized spacial score (nSPS) is 17.5. The van der Waals surface area contributed by atoms with Crippen LogP contribution in [-0.4, -0.2) is 19.4 Å². The van der Waals surface area contributed by atoms with Crippen LogP contribution < -0.4 is 10.1 Å². The van der Waals surface area contributed by atoms with Gasteiger partial charge >= 0.3 is 0 Å². The molecule has 96 valence electrons. The van der Waals surface area contributed by atoms with Crippen molar-refractivity contribution in [2.75, 3.05) is 19.0 Å². The van der Waals surface area contributed by atoms with Gasteiger partial charge in [-0.05, 0) is 23.8 Å². The van der Waals surface area contributed by atoms with E-state index in [1.807, 2.05) is 42.5 Å². The average Bonchev–Trinajstić information content (AvgIpc) is 2.48. The molecule has 1 heterocycles. The first-order chi connectivity index (χ1) is 9.29. The molecule has 1 aliphatic heterocycles. The fraction of sp³-hybridized carbons (Fsp3) is 0.188. The molecule has 1 aliphatic rings. The Labute approximate surface area is 112 Å². The van der Waals surface area contributed by atoms with Crippen molar-refractivity contribution in [3.63, 3.8) is 0 Å². The van der Waals surface area contributed by atoms with E-state index in [9.17, 15) is 4.79 Å². The van der Waals surface area contributed by atoms with E-state index >= 15 is 0 Å². The molecule has 1 unspecified atom stereocenters. The second-order valence-corrected chi connectivity index (χ2v) is 4.62. The third-order valence-corrected chi connectivity index (χ3v) is 3.51. The molecule has 0 saturated heterocycles. The third-order valence-electron chi connectivity index (χ3n) is 3.51. The lowest BCUT2D eigenvalue weighted by Gasteiger charge is -2.25. The van der Waals surface area contributed by atoms with Gasteiger partial charge in [-0.2, -0.15) is 0 Å². The van der Waals surface area contributed by atoms with Crippen LogP contribution in [0.15, 0.2) is 48.5 Å². The minimum absolute atomic E-state index is 0.124. The quantitative estimate of drug-likeness (QED) is 0.893. The molecule has 0 bridgehead atoms. The van der Waals surface area contributed by atoms with Crippen LogP contribution in [0.5, 0.6) is 5.75 Å². The monoisotopic (exact) mass is 253 g/mol. The number of hydrogen-bond donors (Lipinski definition) is 1. The zero-order valence-corrected chi connectivity index (χ0v) is 10.7. The standard InChI is InChI=1S/C16H15NO2/c1-19-12-7-8-15-13(9-12)16(18)14(10-17-15)11-5-3-2-4-6-11/h2-9,14,17H,10H2,1H3. The van der Waals surface area contributed by atoms with E-state index in [0.717, 1.165) is 11.3 Å². The summed E-state index contributed by atoms with van der Waals surface area (Å²) < 4.78 is 5.19. The van der Waals surface area contributed by atoms with Crippen LogP contribution in [0.4, 0.5) is 5.69 Å². The lowest BCUT2D eigenvalue weighted by molar-refractivity contribution is 0.0960. The van der Waals surface area contributed by atoms with Gasteiger partial charge in [0.25, 0.3) is 0 Å². The summed E-state index contributed by atoms with van der Waals surface area (Å²) in [5.41, 5.74) is 2.64. The lowest BCUT2D eigenvalue weighted by Crippen LogP contribution is -2.27. The van der Waals surface area contributed by atoms with E-state index in [1.54, 1.807) is 13.2 Å². The van der Waals surface area contributed by atoms with Crippen molar-refractivity contribution in [2.45, 2.75) is 5.92 Å². The number of benzene rings is 2. The predicted octanol–water partition coefficient (Wildman–Crippen LogP) is 3.09. The summed E-state index contributed by atoms with van der Waals surface area (Å²) in [5.74, 6) is 0.738.